The fraction of sp³-hybridized carbons (Fsp3) is 0.263. The van der Waals surface area contributed by atoms with E-state index in [1.54, 1.807) is 48.2 Å². The highest BCUT2D eigenvalue weighted by Crippen LogP contribution is 2.32. The fourth-order valence-electron chi connectivity index (χ4n) is 2.28. The van der Waals surface area contributed by atoms with Crippen LogP contribution in [0.4, 0.5) is 5.69 Å². The van der Waals surface area contributed by atoms with Gasteiger partial charge in [0.1, 0.15) is 12.4 Å². The summed E-state index contributed by atoms with van der Waals surface area (Å²) in [7, 11) is 0. The van der Waals surface area contributed by atoms with Crippen LogP contribution < -0.4 is 5.32 Å². The first kappa shape index (κ1) is 18.7. The van der Waals surface area contributed by atoms with Crippen molar-refractivity contribution in [1.82, 2.24) is 0 Å². The number of ether oxygens (including phenoxy) is 1. The number of benzene rings is 2. The normalized spacial score (nSPS) is 11.4. The number of phenols is 1. The van der Waals surface area contributed by atoms with E-state index >= 15 is 0 Å². The van der Waals surface area contributed by atoms with E-state index in [0.717, 1.165) is 21.9 Å². The van der Waals surface area contributed by atoms with Crippen LogP contribution in [0, 0.1) is 11.3 Å². The molecule has 0 aromatic heterocycles. The van der Waals surface area contributed by atoms with E-state index in [1.165, 1.54) is 6.92 Å². The van der Waals surface area contributed by atoms with E-state index in [2.05, 4.69) is 11.4 Å². The van der Waals surface area contributed by atoms with Crippen LogP contribution in [0.3, 0.4) is 0 Å². The molecule has 0 heterocycles. The average Bonchev–Trinajstić information content (AvgIpc) is 2.61. The lowest BCUT2D eigenvalue weighted by molar-refractivity contribution is -0.141. The van der Waals surface area contributed by atoms with Crippen LogP contribution in [0.5, 0.6) is 5.75 Å². The molecule has 2 N–H and O–H groups in total. The number of rotatable bonds is 7. The van der Waals surface area contributed by atoms with Gasteiger partial charge in [0.05, 0.1) is 17.7 Å². The minimum atomic E-state index is -0.353. The highest BCUT2D eigenvalue weighted by atomic mass is 32.2. The van der Waals surface area contributed by atoms with Gasteiger partial charge >= 0.3 is 5.97 Å². The second-order valence-corrected chi connectivity index (χ2v) is 6.65. The summed E-state index contributed by atoms with van der Waals surface area (Å²) in [6, 6.07) is 14.2. The molecule has 0 fully saturated rings. The van der Waals surface area contributed by atoms with Crippen molar-refractivity contribution in [3.05, 3.63) is 53.6 Å². The first-order chi connectivity index (χ1) is 12.0. The molecule has 6 heteroatoms. The van der Waals surface area contributed by atoms with Crippen molar-refractivity contribution in [3.63, 3.8) is 0 Å². The van der Waals surface area contributed by atoms with E-state index in [0.29, 0.717) is 5.56 Å². The molecule has 5 nitrogen and oxygen atoms in total. The summed E-state index contributed by atoms with van der Waals surface area (Å²) in [6.45, 7) is 3.55. The topological polar surface area (TPSA) is 82.3 Å². The Balaban J connectivity index is 2.26. The lowest BCUT2D eigenvalue weighted by Crippen LogP contribution is -2.18. The van der Waals surface area contributed by atoms with Gasteiger partial charge in [-0.25, -0.2) is 0 Å². The molecule has 2 aromatic carbocycles. The average molecular weight is 356 g/mol. The smallest absolute Gasteiger partial charge is 0.302 e. The van der Waals surface area contributed by atoms with E-state index in [9.17, 15) is 9.90 Å². The van der Waals surface area contributed by atoms with Crippen LogP contribution >= 0.6 is 11.8 Å². The number of aromatic hydroxyl groups is 1. The second kappa shape index (κ2) is 9.00. The van der Waals surface area contributed by atoms with Crippen molar-refractivity contribution in [2.24, 2.45) is 0 Å². The summed E-state index contributed by atoms with van der Waals surface area (Å²) in [5.74, 6) is 0.725. The highest BCUT2D eigenvalue weighted by molar-refractivity contribution is 7.99. The maximum Gasteiger partial charge on any atom is 0.302 e. The number of nitriles is 1. The molecule has 0 bridgehead atoms. The van der Waals surface area contributed by atoms with E-state index < -0.39 is 0 Å². The third-order valence-electron chi connectivity index (χ3n) is 3.49. The predicted molar refractivity (Wildman–Crippen MR) is 98.7 cm³/mol. The molecular weight excluding hydrogens is 336 g/mol. The number of carbonyl (C=O) groups is 1. The SMILES string of the molecule is CCSc1cc(C(COC(C)=O)Nc2ccc(C#N)cc2)ccc1O. The largest absolute Gasteiger partial charge is 0.507 e. The molecule has 0 saturated heterocycles. The van der Waals surface area contributed by atoms with Crippen molar-refractivity contribution in [1.29, 1.82) is 5.26 Å². The Labute approximate surface area is 151 Å². The minimum Gasteiger partial charge on any atom is -0.507 e. The van der Waals surface area contributed by atoms with Gasteiger partial charge < -0.3 is 15.2 Å². The summed E-state index contributed by atoms with van der Waals surface area (Å²) >= 11 is 1.55. The van der Waals surface area contributed by atoms with Gasteiger partial charge in [-0.2, -0.15) is 5.26 Å². The highest BCUT2D eigenvalue weighted by Gasteiger charge is 2.15. The van der Waals surface area contributed by atoms with Gasteiger partial charge in [-0.3, -0.25) is 4.79 Å². The molecule has 130 valence electrons. The first-order valence-electron chi connectivity index (χ1n) is 7.89. The van der Waals surface area contributed by atoms with Crippen molar-refractivity contribution in [2.75, 3.05) is 17.7 Å². The van der Waals surface area contributed by atoms with Crippen LogP contribution in [0.25, 0.3) is 0 Å². The Kier molecular flexibility index (Phi) is 6.72. The molecule has 0 radical (unpaired) electrons. The van der Waals surface area contributed by atoms with Crippen LogP contribution in [-0.4, -0.2) is 23.4 Å². The van der Waals surface area contributed by atoms with Crippen LogP contribution in [-0.2, 0) is 9.53 Å². The zero-order chi connectivity index (χ0) is 18.2. The number of hydrogen-bond acceptors (Lipinski definition) is 6. The molecule has 2 rings (SSSR count). The quantitative estimate of drug-likeness (QED) is 0.574. The lowest BCUT2D eigenvalue weighted by Gasteiger charge is -2.21. The maximum absolute atomic E-state index is 11.2. The number of phenolic OH excluding ortho intramolecular Hbond substituents is 1. The lowest BCUT2D eigenvalue weighted by atomic mass is 10.1. The Morgan fingerprint density at radius 1 is 1.32 bits per heavy atom. The van der Waals surface area contributed by atoms with Crippen molar-refractivity contribution in [3.8, 4) is 11.8 Å². The standard InChI is InChI=1S/C19H20N2O3S/c1-3-25-19-10-15(6-9-18(19)23)17(12-24-13(2)22)21-16-7-4-14(11-20)5-8-16/h4-10,17,21,23H,3,12H2,1-2H3. The van der Waals surface area contributed by atoms with Crippen LogP contribution in [0.2, 0.25) is 0 Å². The second-order valence-electron chi connectivity index (χ2n) is 5.35. The van der Waals surface area contributed by atoms with E-state index in [1.807, 2.05) is 13.0 Å². The van der Waals surface area contributed by atoms with Crippen LogP contribution in [0.15, 0.2) is 47.4 Å². The van der Waals surface area contributed by atoms with Gasteiger partial charge in [-0.05, 0) is 47.7 Å². The number of nitrogens with zero attached hydrogens (tertiary/aromatic N) is 1. The van der Waals surface area contributed by atoms with E-state index in [4.69, 9.17) is 10.00 Å². The Bertz CT molecular complexity index is 769. The van der Waals surface area contributed by atoms with Gasteiger partial charge in [-0.1, -0.05) is 13.0 Å². The molecule has 0 aliphatic heterocycles. The van der Waals surface area contributed by atoms with Gasteiger partial charge in [0.2, 0.25) is 0 Å². The Morgan fingerprint density at radius 3 is 2.64 bits per heavy atom. The van der Waals surface area contributed by atoms with Crippen molar-refractivity contribution < 1.29 is 14.6 Å². The van der Waals surface area contributed by atoms with Crippen LogP contribution in [0.1, 0.15) is 31.0 Å². The Morgan fingerprint density at radius 2 is 2.04 bits per heavy atom. The summed E-state index contributed by atoms with van der Waals surface area (Å²) < 4.78 is 5.18. The van der Waals surface area contributed by atoms with E-state index in [-0.39, 0.29) is 24.4 Å². The molecule has 0 saturated carbocycles. The van der Waals surface area contributed by atoms with Gasteiger partial charge in [0.25, 0.3) is 0 Å². The summed E-state index contributed by atoms with van der Waals surface area (Å²) in [6.07, 6.45) is 0. The third-order valence-corrected chi connectivity index (χ3v) is 4.42. The predicted octanol–water partition coefficient (Wildman–Crippen LogP) is 4.09. The fourth-order valence-corrected chi connectivity index (χ4v) is 3.03. The number of anilines is 1. The minimum absolute atomic E-state index is 0.163. The summed E-state index contributed by atoms with van der Waals surface area (Å²) in [5, 5.41) is 22.2. The maximum atomic E-state index is 11.2. The number of esters is 1. The first-order valence-corrected chi connectivity index (χ1v) is 8.87. The summed E-state index contributed by atoms with van der Waals surface area (Å²) in [5.41, 5.74) is 2.29. The summed E-state index contributed by atoms with van der Waals surface area (Å²) in [4.78, 5) is 12.0. The number of carbonyl (C=O) groups excluding carboxylic acids is 1. The zero-order valence-electron chi connectivity index (χ0n) is 14.2. The molecule has 0 spiro atoms. The molecule has 25 heavy (non-hydrogen) atoms. The molecule has 1 atom stereocenters. The monoisotopic (exact) mass is 356 g/mol. The van der Waals surface area contributed by atoms with Crippen molar-refractivity contribution >= 4 is 23.4 Å². The Hall–Kier alpha value is -2.65. The van der Waals surface area contributed by atoms with Gasteiger partial charge in [0, 0.05) is 17.5 Å². The van der Waals surface area contributed by atoms with Gasteiger partial charge in [0.15, 0.2) is 0 Å². The molecular formula is C19H20N2O3S. The molecule has 1 unspecified atom stereocenters. The molecule has 0 aliphatic carbocycles. The molecule has 0 amide bonds. The molecule has 2 aromatic rings. The third kappa shape index (κ3) is 5.44. The number of nitrogens with one attached hydrogen (secondary N) is 1. The van der Waals surface area contributed by atoms with Gasteiger partial charge in [-0.15, -0.1) is 11.8 Å². The number of hydrogen-bond donors (Lipinski definition) is 2. The zero-order valence-corrected chi connectivity index (χ0v) is 15.0. The molecule has 0 aliphatic rings. The number of thioether (sulfide) groups is 1. The van der Waals surface area contributed by atoms with Crippen molar-refractivity contribution in [2.45, 2.75) is 24.8 Å².